The molecule has 0 amide bonds. The van der Waals surface area contributed by atoms with Gasteiger partial charge in [0, 0.05) is 12.3 Å². The zero-order valence-corrected chi connectivity index (χ0v) is 8.60. The number of thioether (sulfide) groups is 1. The van der Waals surface area contributed by atoms with E-state index < -0.39 is 0 Å². The average molecular weight is 190 g/mol. The number of aliphatic hydroxyl groups excluding tert-OH is 1. The minimum atomic E-state index is -0.361. The van der Waals surface area contributed by atoms with Gasteiger partial charge in [-0.15, -0.1) is 11.8 Å². The normalized spacial score (nSPS) is 26.0. The molecule has 0 aliphatic carbocycles. The van der Waals surface area contributed by atoms with Crippen LogP contribution in [-0.2, 0) is 0 Å². The number of hydrogen-bond donors (Lipinski definition) is 2. The van der Waals surface area contributed by atoms with Gasteiger partial charge < -0.3 is 10.8 Å². The Bertz CT molecular complexity index is 152. The van der Waals surface area contributed by atoms with Crippen LogP contribution < -0.4 is 5.73 Å². The van der Waals surface area contributed by atoms with Crippen molar-refractivity contribution in [2.45, 2.75) is 31.4 Å². The summed E-state index contributed by atoms with van der Waals surface area (Å²) in [5.41, 5.74) is 5.39. The molecule has 1 unspecified atom stereocenters. The highest BCUT2D eigenvalue weighted by atomic mass is 32.2. The zero-order valence-electron chi connectivity index (χ0n) is 7.79. The summed E-state index contributed by atoms with van der Waals surface area (Å²) in [5, 5.41) is 9.72. The highest BCUT2D eigenvalue weighted by Crippen LogP contribution is 2.36. The molecule has 0 radical (unpaired) electrons. The minimum absolute atomic E-state index is 0.0780. The van der Waals surface area contributed by atoms with E-state index in [-0.39, 0.29) is 11.1 Å². The lowest BCUT2D eigenvalue weighted by atomic mass is 10.2. The predicted molar refractivity (Wildman–Crippen MR) is 52.9 cm³/mol. The third-order valence-electron chi connectivity index (χ3n) is 2.26. The summed E-state index contributed by atoms with van der Waals surface area (Å²) in [4.78, 5) is 2.19. The van der Waals surface area contributed by atoms with Crippen molar-refractivity contribution in [2.24, 2.45) is 5.73 Å². The van der Waals surface area contributed by atoms with Gasteiger partial charge >= 0.3 is 0 Å². The maximum absolute atomic E-state index is 9.72. The fraction of sp³-hybridized carbons (Fsp3) is 1.00. The molecule has 72 valence electrons. The van der Waals surface area contributed by atoms with Gasteiger partial charge in [0.2, 0.25) is 0 Å². The topological polar surface area (TPSA) is 49.5 Å². The highest BCUT2D eigenvalue weighted by Gasteiger charge is 2.36. The fourth-order valence-electron chi connectivity index (χ4n) is 1.56. The monoisotopic (exact) mass is 190 g/mol. The average Bonchev–Trinajstić information content (AvgIpc) is 2.30. The lowest BCUT2D eigenvalue weighted by Gasteiger charge is -2.34. The summed E-state index contributed by atoms with van der Waals surface area (Å²) in [6.45, 7) is 5.81. The second kappa shape index (κ2) is 3.96. The van der Waals surface area contributed by atoms with Gasteiger partial charge in [-0.05, 0) is 26.8 Å². The Morgan fingerprint density at radius 1 is 1.67 bits per heavy atom. The number of aliphatic hydroxyl groups is 1. The zero-order chi connectivity index (χ0) is 9.19. The van der Waals surface area contributed by atoms with Crippen molar-refractivity contribution in [3.05, 3.63) is 0 Å². The summed E-state index contributed by atoms with van der Waals surface area (Å²) in [7, 11) is 0. The number of hydrogen-bond acceptors (Lipinski definition) is 4. The number of rotatable bonds is 3. The maximum atomic E-state index is 9.72. The van der Waals surface area contributed by atoms with Gasteiger partial charge in [-0.1, -0.05) is 0 Å². The Kier molecular flexibility index (Phi) is 3.40. The van der Waals surface area contributed by atoms with E-state index in [9.17, 15) is 5.11 Å². The van der Waals surface area contributed by atoms with Gasteiger partial charge in [-0.3, -0.25) is 4.90 Å². The first kappa shape index (κ1) is 10.3. The standard InChI is InChI=1S/C8H18N2OS/c1-8(2)10(5-6-12-8)7(11)3-4-9/h7,11H,3-6,9H2,1-2H3. The third kappa shape index (κ3) is 2.13. The van der Waals surface area contributed by atoms with E-state index in [4.69, 9.17) is 5.73 Å². The van der Waals surface area contributed by atoms with Crippen molar-refractivity contribution in [1.82, 2.24) is 4.90 Å². The van der Waals surface area contributed by atoms with Crippen LogP contribution in [0.25, 0.3) is 0 Å². The fourth-order valence-corrected chi connectivity index (χ4v) is 2.73. The molecule has 1 aliphatic rings. The van der Waals surface area contributed by atoms with Gasteiger partial charge in [0.05, 0.1) is 4.87 Å². The van der Waals surface area contributed by atoms with Crippen LogP contribution in [0.5, 0.6) is 0 Å². The van der Waals surface area contributed by atoms with Crippen LogP contribution in [0, 0.1) is 0 Å². The van der Waals surface area contributed by atoms with Crippen LogP contribution in [0.3, 0.4) is 0 Å². The summed E-state index contributed by atoms with van der Waals surface area (Å²) < 4.78 is 0. The first-order chi connectivity index (χ1) is 5.58. The highest BCUT2D eigenvalue weighted by molar-refractivity contribution is 8.00. The predicted octanol–water partition coefficient (Wildman–Crippen LogP) is 0.439. The van der Waals surface area contributed by atoms with E-state index in [1.807, 2.05) is 11.8 Å². The molecule has 3 nitrogen and oxygen atoms in total. The molecule has 0 aromatic heterocycles. The van der Waals surface area contributed by atoms with E-state index in [0.717, 1.165) is 12.3 Å². The Morgan fingerprint density at radius 3 is 2.75 bits per heavy atom. The van der Waals surface area contributed by atoms with E-state index in [1.54, 1.807) is 0 Å². The summed E-state index contributed by atoms with van der Waals surface area (Å²) in [6, 6.07) is 0. The van der Waals surface area contributed by atoms with E-state index >= 15 is 0 Å². The van der Waals surface area contributed by atoms with Crippen LogP contribution in [0.1, 0.15) is 20.3 Å². The molecule has 1 atom stereocenters. The molecule has 0 aromatic carbocycles. The van der Waals surface area contributed by atoms with E-state index in [1.165, 1.54) is 0 Å². The van der Waals surface area contributed by atoms with Crippen LogP contribution in [0.2, 0.25) is 0 Å². The molecule has 0 bridgehead atoms. The summed E-state index contributed by atoms with van der Waals surface area (Å²) in [6.07, 6.45) is 0.310. The van der Waals surface area contributed by atoms with Crippen molar-refractivity contribution in [2.75, 3.05) is 18.8 Å². The molecule has 1 fully saturated rings. The molecular weight excluding hydrogens is 172 g/mol. The molecule has 0 saturated carbocycles. The van der Waals surface area contributed by atoms with Crippen molar-refractivity contribution in [3.8, 4) is 0 Å². The van der Waals surface area contributed by atoms with Crippen molar-refractivity contribution >= 4 is 11.8 Å². The minimum Gasteiger partial charge on any atom is -0.378 e. The molecule has 1 heterocycles. The second-order valence-corrected chi connectivity index (χ2v) is 5.24. The first-order valence-electron chi connectivity index (χ1n) is 4.37. The molecule has 12 heavy (non-hydrogen) atoms. The van der Waals surface area contributed by atoms with Crippen molar-refractivity contribution < 1.29 is 5.11 Å². The molecule has 0 aromatic rings. The lowest BCUT2D eigenvalue weighted by molar-refractivity contribution is -0.0199. The van der Waals surface area contributed by atoms with Gasteiger partial charge in [0.15, 0.2) is 0 Å². The molecule has 1 saturated heterocycles. The number of nitrogens with two attached hydrogens (primary N) is 1. The quantitative estimate of drug-likeness (QED) is 0.678. The van der Waals surface area contributed by atoms with Crippen LogP contribution in [0.15, 0.2) is 0 Å². The SMILES string of the molecule is CC1(C)SCCN1C(O)CCN. The Balaban J connectivity index is 2.50. The van der Waals surface area contributed by atoms with Gasteiger partial charge in [0.25, 0.3) is 0 Å². The Morgan fingerprint density at radius 2 is 2.33 bits per heavy atom. The van der Waals surface area contributed by atoms with E-state index in [2.05, 4.69) is 18.7 Å². The Hall–Kier alpha value is 0.230. The van der Waals surface area contributed by atoms with Crippen molar-refractivity contribution in [1.29, 1.82) is 0 Å². The maximum Gasteiger partial charge on any atom is 0.109 e. The molecule has 1 aliphatic heterocycles. The number of nitrogens with zero attached hydrogens (tertiary/aromatic N) is 1. The van der Waals surface area contributed by atoms with E-state index in [0.29, 0.717) is 13.0 Å². The first-order valence-corrected chi connectivity index (χ1v) is 5.35. The molecule has 1 rings (SSSR count). The lowest BCUT2D eigenvalue weighted by Crippen LogP contribution is -2.45. The largest absolute Gasteiger partial charge is 0.378 e. The molecule has 4 heteroatoms. The van der Waals surface area contributed by atoms with Crippen LogP contribution in [-0.4, -0.2) is 39.9 Å². The van der Waals surface area contributed by atoms with Gasteiger partial charge in [-0.25, -0.2) is 0 Å². The molecule has 3 N–H and O–H groups in total. The van der Waals surface area contributed by atoms with Crippen LogP contribution >= 0.6 is 11.8 Å². The van der Waals surface area contributed by atoms with Crippen LogP contribution in [0.4, 0.5) is 0 Å². The van der Waals surface area contributed by atoms with Gasteiger partial charge in [-0.2, -0.15) is 0 Å². The third-order valence-corrected chi connectivity index (χ3v) is 3.59. The molecule has 0 spiro atoms. The Labute approximate surface area is 78.3 Å². The second-order valence-electron chi connectivity index (χ2n) is 3.55. The summed E-state index contributed by atoms with van der Waals surface area (Å²) in [5.74, 6) is 1.11. The van der Waals surface area contributed by atoms with Gasteiger partial charge in [0.1, 0.15) is 6.23 Å². The van der Waals surface area contributed by atoms with Crippen molar-refractivity contribution in [3.63, 3.8) is 0 Å². The summed E-state index contributed by atoms with van der Waals surface area (Å²) >= 11 is 1.89. The smallest absolute Gasteiger partial charge is 0.109 e. The molecular formula is C8H18N2OS.